The monoisotopic (exact) mass is 406 g/mol. The minimum absolute atomic E-state index is 0.603. The van der Waals surface area contributed by atoms with Crippen LogP contribution in [0.5, 0.6) is 5.75 Å². The number of nitrogens with zero attached hydrogens (tertiary/aromatic N) is 2. The standard InChI is InChI=1S/C28H26N2O/c29-19-22-16-17-30-25(18-22)28(31-20-21-10-4-1-5-11-21)26(23-12-6-2-7-13-23)27(30)24-14-8-3-9-15-24/h2-3,6-9,12-18,21H,1,4-5,10-11,20H2. The predicted molar refractivity (Wildman–Crippen MR) is 125 cm³/mol. The second kappa shape index (κ2) is 8.70. The molecule has 1 aliphatic carbocycles. The molecule has 0 saturated heterocycles. The lowest BCUT2D eigenvalue weighted by Crippen LogP contribution is -2.15. The Morgan fingerprint density at radius 2 is 1.55 bits per heavy atom. The van der Waals surface area contributed by atoms with E-state index in [1.165, 1.54) is 32.1 Å². The molecule has 31 heavy (non-hydrogen) atoms. The number of ether oxygens (including phenoxy) is 1. The average molecular weight is 407 g/mol. The van der Waals surface area contributed by atoms with Gasteiger partial charge in [-0.2, -0.15) is 5.26 Å². The van der Waals surface area contributed by atoms with Crippen molar-refractivity contribution in [2.45, 2.75) is 32.1 Å². The third kappa shape index (κ3) is 3.82. The topological polar surface area (TPSA) is 37.4 Å². The Morgan fingerprint density at radius 1 is 0.871 bits per heavy atom. The predicted octanol–water partition coefficient (Wildman–Crippen LogP) is 7.10. The Balaban J connectivity index is 1.73. The lowest BCUT2D eigenvalue weighted by atomic mass is 9.90. The van der Waals surface area contributed by atoms with Crippen molar-refractivity contribution in [1.29, 1.82) is 5.26 Å². The molecule has 1 fully saturated rings. The van der Waals surface area contributed by atoms with Crippen LogP contribution in [0.4, 0.5) is 0 Å². The van der Waals surface area contributed by atoms with Crippen LogP contribution in [0, 0.1) is 17.2 Å². The summed E-state index contributed by atoms with van der Waals surface area (Å²) in [6.07, 6.45) is 8.40. The van der Waals surface area contributed by atoms with Crippen molar-refractivity contribution in [1.82, 2.24) is 4.40 Å². The van der Waals surface area contributed by atoms with E-state index in [1.807, 2.05) is 30.5 Å². The van der Waals surface area contributed by atoms with Gasteiger partial charge in [0, 0.05) is 6.20 Å². The van der Waals surface area contributed by atoms with Crippen molar-refractivity contribution in [3.63, 3.8) is 0 Å². The highest BCUT2D eigenvalue weighted by Gasteiger charge is 2.24. The van der Waals surface area contributed by atoms with Gasteiger partial charge in [-0.1, -0.05) is 79.9 Å². The molecule has 0 unspecified atom stereocenters. The van der Waals surface area contributed by atoms with Crippen LogP contribution in [-0.2, 0) is 0 Å². The minimum Gasteiger partial charge on any atom is -0.490 e. The van der Waals surface area contributed by atoms with Gasteiger partial charge in [-0.25, -0.2) is 0 Å². The first-order chi connectivity index (χ1) is 15.3. The van der Waals surface area contributed by atoms with Crippen molar-refractivity contribution in [2.75, 3.05) is 6.61 Å². The highest BCUT2D eigenvalue weighted by Crippen LogP contribution is 2.45. The zero-order chi connectivity index (χ0) is 21.0. The summed E-state index contributed by atoms with van der Waals surface area (Å²) >= 11 is 0. The van der Waals surface area contributed by atoms with Crippen molar-refractivity contribution < 1.29 is 4.74 Å². The van der Waals surface area contributed by atoms with Crippen molar-refractivity contribution in [2.24, 2.45) is 5.92 Å². The molecule has 0 aliphatic heterocycles. The molecule has 2 aromatic heterocycles. The maximum Gasteiger partial charge on any atom is 0.153 e. The van der Waals surface area contributed by atoms with E-state index in [1.54, 1.807) is 0 Å². The van der Waals surface area contributed by atoms with Crippen molar-refractivity contribution in [3.05, 3.63) is 84.6 Å². The molecule has 0 atom stereocenters. The van der Waals surface area contributed by atoms with E-state index < -0.39 is 0 Å². The van der Waals surface area contributed by atoms with Gasteiger partial charge in [-0.3, -0.25) is 0 Å². The molecule has 3 nitrogen and oxygen atoms in total. The third-order valence-electron chi connectivity index (χ3n) is 6.32. The largest absolute Gasteiger partial charge is 0.490 e. The highest BCUT2D eigenvalue weighted by atomic mass is 16.5. The van der Waals surface area contributed by atoms with E-state index in [4.69, 9.17) is 4.74 Å². The zero-order valence-electron chi connectivity index (χ0n) is 17.6. The van der Waals surface area contributed by atoms with Gasteiger partial charge in [0.2, 0.25) is 0 Å². The molecular weight excluding hydrogens is 380 g/mol. The lowest BCUT2D eigenvalue weighted by Gasteiger charge is -2.22. The summed E-state index contributed by atoms with van der Waals surface area (Å²) in [7, 11) is 0. The van der Waals surface area contributed by atoms with Crippen LogP contribution in [0.25, 0.3) is 27.9 Å². The maximum absolute atomic E-state index is 9.53. The molecule has 1 saturated carbocycles. The SMILES string of the molecule is N#Cc1ccn2c(-c3ccccc3)c(-c3ccccc3)c(OCC3CCCCC3)c2c1. The van der Waals surface area contributed by atoms with Gasteiger partial charge in [-0.15, -0.1) is 0 Å². The molecule has 1 aliphatic rings. The van der Waals surface area contributed by atoms with Gasteiger partial charge in [0.1, 0.15) is 0 Å². The number of nitriles is 1. The van der Waals surface area contributed by atoms with Crippen molar-refractivity contribution in [3.8, 4) is 34.2 Å². The Bertz CT molecular complexity index is 1210. The van der Waals surface area contributed by atoms with E-state index in [-0.39, 0.29) is 0 Å². The number of pyridine rings is 1. The molecule has 0 bridgehead atoms. The fraction of sp³-hybridized carbons (Fsp3) is 0.250. The fourth-order valence-electron chi connectivity index (χ4n) is 4.75. The van der Waals surface area contributed by atoms with Crippen molar-refractivity contribution >= 4 is 5.52 Å². The number of fused-ring (bicyclic) bond motifs is 1. The molecule has 0 radical (unpaired) electrons. The van der Waals surface area contributed by atoms with E-state index >= 15 is 0 Å². The normalized spacial score (nSPS) is 14.4. The molecule has 154 valence electrons. The first-order valence-electron chi connectivity index (χ1n) is 11.2. The number of hydrogen-bond donors (Lipinski definition) is 0. The summed E-state index contributed by atoms with van der Waals surface area (Å²) in [5, 5.41) is 9.53. The zero-order valence-corrected chi connectivity index (χ0v) is 17.6. The van der Waals surface area contributed by atoms with Gasteiger partial charge >= 0.3 is 0 Å². The number of rotatable bonds is 5. The Morgan fingerprint density at radius 3 is 2.23 bits per heavy atom. The van der Waals surface area contributed by atoms with Crippen LogP contribution >= 0.6 is 0 Å². The first kappa shape index (κ1) is 19.5. The quantitative estimate of drug-likeness (QED) is 0.354. The second-order valence-corrected chi connectivity index (χ2v) is 8.38. The highest BCUT2D eigenvalue weighted by molar-refractivity contribution is 5.94. The summed E-state index contributed by atoms with van der Waals surface area (Å²) in [6, 6.07) is 27.0. The molecule has 3 heteroatoms. The fourth-order valence-corrected chi connectivity index (χ4v) is 4.75. The lowest BCUT2D eigenvalue weighted by molar-refractivity contribution is 0.211. The van der Waals surface area contributed by atoms with E-state index in [2.05, 4.69) is 59.0 Å². The molecular formula is C28H26N2O. The molecule has 4 aromatic rings. The van der Waals surface area contributed by atoms with Crippen LogP contribution < -0.4 is 4.74 Å². The van der Waals surface area contributed by atoms with Crippen LogP contribution in [-0.4, -0.2) is 11.0 Å². The Labute approximate surface area is 183 Å². The number of benzene rings is 2. The third-order valence-corrected chi connectivity index (χ3v) is 6.32. The van der Waals surface area contributed by atoms with Crippen LogP contribution in [0.15, 0.2) is 79.0 Å². The number of hydrogen-bond acceptors (Lipinski definition) is 2. The molecule has 2 heterocycles. The average Bonchev–Trinajstić information content (AvgIpc) is 3.18. The molecule has 2 aromatic carbocycles. The van der Waals surface area contributed by atoms with Gasteiger partial charge in [0.05, 0.1) is 35.0 Å². The van der Waals surface area contributed by atoms with Crippen LogP contribution in [0.2, 0.25) is 0 Å². The summed E-state index contributed by atoms with van der Waals surface area (Å²) in [4.78, 5) is 0. The van der Waals surface area contributed by atoms with E-state index in [0.29, 0.717) is 11.5 Å². The summed E-state index contributed by atoms with van der Waals surface area (Å²) < 4.78 is 8.79. The Hall–Kier alpha value is -3.51. The van der Waals surface area contributed by atoms with Gasteiger partial charge < -0.3 is 9.14 Å². The van der Waals surface area contributed by atoms with Gasteiger partial charge in [0.25, 0.3) is 0 Å². The van der Waals surface area contributed by atoms with Crippen LogP contribution in [0.3, 0.4) is 0 Å². The van der Waals surface area contributed by atoms with Gasteiger partial charge in [-0.05, 0) is 42.0 Å². The minimum atomic E-state index is 0.603. The van der Waals surface area contributed by atoms with Gasteiger partial charge in [0.15, 0.2) is 5.75 Å². The first-order valence-corrected chi connectivity index (χ1v) is 11.2. The van der Waals surface area contributed by atoms with Crippen LogP contribution in [0.1, 0.15) is 37.7 Å². The summed E-state index contributed by atoms with van der Waals surface area (Å²) in [5.74, 6) is 1.49. The number of aromatic nitrogens is 1. The smallest absolute Gasteiger partial charge is 0.153 e. The maximum atomic E-state index is 9.53. The summed E-state index contributed by atoms with van der Waals surface area (Å²) in [6.45, 7) is 0.727. The van der Waals surface area contributed by atoms with E-state index in [0.717, 1.165) is 40.3 Å². The molecule has 5 rings (SSSR count). The van der Waals surface area contributed by atoms with E-state index in [9.17, 15) is 5.26 Å². The molecule has 0 amide bonds. The molecule has 0 N–H and O–H groups in total. The molecule has 0 spiro atoms. The Kier molecular flexibility index (Phi) is 5.46. The second-order valence-electron chi connectivity index (χ2n) is 8.38. The summed E-state index contributed by atoms with van der Waals surface area (Å²) in [5.41, 5.74) is 6.05.